The van der Waals surface area contributed by atoms with E-state index in [1.54, 1.807) is 13.0 Å². The first-order valence-electron chi connectivity index (χ1n) is 11.1. The lowest BCUT2D eigenvalue weighted by molar-refractivity contribution is -0.152. The molecule has 0 radical (unpaired) electrons. The zero-order chi connectivity index (χ0) is 22.0. The van der Waals surface area contributed by atoms with Gasteiger partial charge in [-0.15, -0.1) is 0 Å². The van der Waals surface area contributed by atoms with Crippen LogP contribution in [-0.2, 0) is 14.3 Å². The Morgan fingerprint density at radius 2 is 1.70 bits per heavy atom. The van der Waals surface area contributed by atoms with Crippen LogP contribution >= 0.6 is 11.6 Å². The smallest absolute Gasteiger partial charge is 0.317 e. The van der Waals surface area contributed by atoms with Crippen molar-refractivity contribution in [3.05, 3.63) is 47.2 Å². The van der Waals surface area contributed by atoms with Crippen molar-refractivity contribution in [2.24, 2.45) is 41.4 Å². The molecule has 1 N–H and O–H groups in total. The van der Waals surface area contributed by atoms with Gasteiger partial charge in [-0.3, -0.25) is 9.59 Å². The van der Waals surface area contributed by atoms with Crippen molar-refractivity contribution in [2.45, 2.75) is 53.1 Å². The topological polar surface area (TPSA) is 63.6 Å². The largest absolute Gasteiger partial charge is 0.510 e. The van der Waals surface area contributed by atoms with Gasteiger partial charge in [-0.25, -0.2) is 0 Å². The number of ether oxygens (including phenoxy) is 1. The summed E-state index contributed by atoms with van der Waals surface area (Å²) in [4.78, 5) is 25.3. The number of cyclic esters (lactones) is 1. The molecule has 0 saturated heterocycles. The van der Waals surface area contributed by atoms with Gasteiger partial charge in [-0.2, -0.15) is 0 Å². The summed E-state index contributed by atoms with van der Waals surface area (Å²) >= 11 is 6.45. The van der Waals surface area contributed by atoms with Crippen LogP contribution in [0.15, 0.2) is 47.2 Å². The summed E-state index contributed by atoms with van der Waals surface area (Å²) in [6, 6.07) is 0. The number of carbonyl (C=O) groups is 2. The third-order valence-corrected chi connectivity index (χ3v) is 7.46. The van der Waals surface area contributed by atoms with Crippen molar-refractivity contribution < 1.29 is 19.4 Å². The van der Waals surface area contributed by atoms with Gasteiger partial charge in [0.1, 0.15) is 22.8 Å². The maximum atomic E-state index is 12.9. The van der Waals surface area contributed by atoms with Crippen LogP contribution in [0, 0.1) is 41.4 Å². The molecule has 4 nitrogen and oxygen atoms in total. The first-order valence-corrected chi connectivity index (χ1v) is 11.5. The predicted molar refractivity (Wildman–Crippen MR) is 119 cm³/mol. The average molecular weight is 433 g/mol. The molecule has 2 aliphatic carbocycles. The summed E-state index contributed by atoms with van der Waals surface area (Å²) in [6.07, 6.45) is 15.1. The van der Waals surface area contributed by atoms with Crippen molar-refractivity contribution in [2.75, 3.05) is 0 Å². The molecule has 0 aromatic rings. The maximum Gasteiger partial charge on any atom is 0.317 e. The van der Waals surface area contributed by atoms with Crippen LogP contribution in [-0.4, -0.2) is 23.0 Å². The highest BCUT2D eigenvalue weighted by Crippen LogP contribution is 2.50. The van der Waals surface area contributed by atoms with Gasteiger partial charge in [0.15, 0.2) is 5.78 Å². The molecule has 0 aromatic heterocycles. The number of aliphatic hydroxyl groups is 1. The molecule has 1 saturated carbocycles. The van der Waals surface area contributed by atoms with Gasteiger partial charge in [0, 0.05) is 5.92 Å². The third-order valence-electron chi connectivity index (χ3n) is 7.08. The normalized spacial score (nSPS) is 45.0. The van der Waals surface area contributed by atoms with E-state index in [-0.39, 0.29) is 34.5 Å². The van der Waals surface area contributed by atoms with Crippen LogP contribution in [0.2, 0.25) is 0 Å². The number of aliphatic hydroxyl groups excluding tert-OH is 1. The summed E-state index contributed by atoms with van der Waals surface area (Å²) in [5, 5.41) is 11.1. The molecule has 30 heavy (non-hydrogen) atoms. The fourth-order valence-electron chi connectivity index (χ4n) is 5.32. The molecule has 164 valence electrons. The minimum Gasteiger partial charge on any atom is -0.510 e. The molecule has 0 aromatic carbocycles. The van der Waals surface area contributed by atoms with Crippen LogP contribution in [0.4, 0.5) is 0 Å². The zero-order valence-electron chi connectivity index (χ0n) is 18.3. The molecular weight excluding hydrogens is 400 g/mol. The summed E-state index contributed by atoms with van der Waals surface area (Å²) in [7, 11) is 0. The molecule has 0 spiro atoms. The highest BCUT2D eigenvalue weighted by Gasteiger charge is 2.45. The number of esters is 1. The van der Waals surface area contributed by atoms with Crippen LogP contribution < -0.4 is 0 Å². The molecule has 0 bridgehead atoms. The molecule has 5 heteroatoms. The molecular formula is C25H33ClO4. The summed E-state index contributed by atoms with van der Waals surface area (Å²) in [5.41, 5.74) is 0. The monoisotopic (exact) mass is 432 g/mol. The lowest BCUT2D eigenvalue weighted by atomic mass is 9.58. The highest BCUT2D eigenvalue weighted by molar-refractivity contribution is 6.44. The Labute approximate surface area is 184 Å². The average Bonchev–Trinajstić information content (AvgIpc) is 2.73. The van der Waals surface area contributed by atoms with Gasteiger partial charge in [-0.05, 0) is 55.9 Å². The van der Waals surface area contributed by atoms with Crippen molar-refractivity contribution in [3.63, 3.8) is 0 Å². The number of hydrogen-bond acceptors (Lipinski definition) is 4. The van der Waals surface area contributed by atoms with Gasteiger partial charge in [0.2, 0.25) is 0 Å². The zero-order valence-corrected chi connectivity index (χ0v) is 19.0. The van der Waals surface area contributed by atoms with Crippen molar-refractivity contribution >= 4 is 23.4 Å². The van der Waals surface area contributed by atoms with Crippen molar-refractivity contribution in [1.82, 2.24) is 0 Å². The molecule has 0 amide bonds. The summed E-state index contributed by atoms with van der Waals surface area (Å²) in [5.74, 6) is -1.42. The second-order valence-electron chi connectivity index (χ2n) is 9.19. The lowest BCUT2D eigenvalue weighted by Crippen LogP contribution is -2.41. The SMILES string of the molecule is C[C@@H]1C(=O)O[C@@H](C)/C=C\C=C/[C@@H](C)[C@@H]2C=C[C@@H]3CCC[C@@H](C)[C@H]3[C@@H]2/C(O)=C(/Cl)C1=O. The number of allylic oxidation sites excluding steroid dienone is 7. The summed E-state index contributed by atoms with van der Waals surface area (Å²) < 4.78 is 5.34. The first kappa shape index (κ1) is 22.9. The van der Waals surface area contributed by atoms with E-state index in [1.165, 1.54) is 13.3 Å². The maximum absolute atomic E-state index is 12.9. The Morgan fingerprint density at radius 1 is 1.00 bits per heavy atom. The van der Waals surface area contributed by atoms with E-state index in [9.17, 15) is 14.7 Å². The molecule has 0 unspecified atom stereocenters. The Bertz CT molecular complexity index is 793. The van der Waals surface area contributed by atoms with Crippen LogP contribution in [0.1, 0.15) is 47.0 Å². The quantitative estimate of drug-likeness (QED) is 0.301. The van der Waals surface area contributed by atoms with E-state index >= 15 is 0 Å². The minimum atomic E-state index is -1.07. The van der Waals surface area contributed by atoms with E-state index in [4.69, 9.17) is 16.3 Å². The molecule has 8 atom stereocenters. The van der Waals surface area contributed by atoms with Gasteiger partial charge in [0.05, 0.1) is 0 Å². The fourth-order valence-corrected chi connectivity index (χ4v) is 5.61. The number of ketones is 1. The Hall–Kier alpha value is -1.81. The third kappa shape index (κ3) is 4.59. The molecule has 1 heterocycles. The Morgan fingerprint density at radius 3 is 2.43 bits per heavy atom. The molecule has 3 aliphatic rings. The van der Waals surface area contributed by atoms with Gasteiger partial charge >= 0.3 is 5.97 Å². The summed E-state index contributed by atoms with van der Waals surface area (Å²) in [6.45, 7) is 7.58. The number of hydrogen-bond donors (Lipinski definition) is 1. The van der Waals surface area contributed by atoms with Gasteiger partial charge < -0.3 is 9.84 Å². The molecule has 3 rings (SSSR count). The standard InChI is InChI=1S/C25H33ClO4/c1-14-8-5-6-10-16(3)30-25(29)17(4)23(27)22(26)24(28)21-19(14)13-12-18-11-7-9-15(2)20(18)21/h5-6,8,10,12-21,28H,7,9,11H2,1-4H3/b8-5-,10-6-,24-22-/t14-,15-,16+,17+,18+,19+,20-,21-/m1/s1. The van der Waals surface area contributed by atoms with Gasteiger partial charge in [0.25, 0.3) is 0 Å². The van der Waals surface area contributed by atoms with E-state index in [1.807, 2.05) is 12.2 Å². The Kier molecular flexibility index (Phi) is 7.28. The number of Topliss-reactive ketones (excluding diaryl/α,β-unsaturated/α-hetero) is 1. The van der Waals surface area contributed by atoms with E-state index in [2.05, 4.69) is 32.1 Å². The van der Waals surface area contributed by atoms with Crippen molar-refractivity contribution in [3.8, 4) is 0 Å². The van der Waals surface area contributed by atoms with E-state index < -0.39 is 23.8 Å². The van der Waals surface area contributed by atoms with Crippen molar-refractivity contribution in [1.29, 1.82) is 0 Å². The number of rotatable bonds is 0. The van der Waals surface area contributed by atoms with E-state index in [0.717, 1.165) is 12.8 Å². The van der Waals surface area contributed by atoms with Crippen LogP contribution in [0.25, 0.3) is 0 Å². The number of fused-ring (bicyclic) bond motifs is 3. The van der Waals surface area contributed by atoms with E-state index in [0.29, 0.717) is 11.8 Å². The predicted octanol–water partition coefficient (Wildman–Crippen LogP) is 5.75. The molecule has 1 fully saturated rings. The minimum absolute atomic E-state index is 0.0284. The van der Waals surface area contributed by atoms with Gasteiger partial charge in [-0.1, -0.05) is 68.7 Å². The lowest BCUT2D eigenvalue weighted by Gasteiger charge is -2.46. The van der Waals surface area contributed by atoms with Crippen LogP contribution in [0.5, 0.6) is 0 Å². The number of carbonyl (C=O) groups excluding carboxylic acids is 2. The second kappa shape index (κ2) is 9.55. The first-order chi connectivity index (χ1) is 14.2. The number of halogens is 1. The highest BCUT2D eigenvalue weighted by atomic mass is 35.5. The van der Waals surface area contributed by atoms with Crippen LogP contribution in [0.3, 0.4) is 0 Å². The molecule has 1 aliphatic heterocycles. The Balaban J connectivity index is 2.10. The second-order valence-corrected chi connectivity index (χ2v) is 9.57. The fraction of sp³-hybridized carbons (Fsp3) is 0.600.